The molecule has 1 fully saturated rings. The first kappa shape index (κ1) is 13.7. The molecule has 0 aliphatic carbocycles. The average Bonchev–Trinajstić information content (AvgIpc) is 3.04. The zero-order valence-corrected chi connectivity index (χ0v) is 12.1. The van der Waals surface area contributed by atoms with Gasteiger partial charge in [-0.2, -0.15) is 5.10 Å². The Morgan fingerprint density at radius 1 is 1.48 bits per heavy atom. The molecule has 0 aromatic carbocycles. The van der Waals surface area contributed by atoms with Crippen LogP contribution in [0.4, 0.5) is 0 Å². The number of nitrogens with zero attached hydrogens (tertiary/aromatic N) is 5. The van der Waals surface area contributed by atoms with E-state index in [-0.39, 0.29) is 5.91 Å². The van der Waals surface area contributed by atoms with Crippen molar-refractivity contribution in [2.24, 2.45) is 0 Å². The third-order valence-corrected chi connectivity index (χ3v) is 3.94. The predicted octanol–water partition coefficient (Wildman–Crippen LogP) is 1.71. The van der Waals surface area contributed by atoms with Crippen LogP contribution in [0.5, 0.6) is 0 Å². The van der Waals surface area contributed by atoms with E-state index in [2.05, 4.69) is 15.1 Å². The summed E-state index contributed by atoms with van der Waals surface area (Å²) in [7, 11) is 0. The molecule has 3 rings (SSSR count). The number of carbonyl (C=O) groups is 1. The van der Waals surface area contributed by atoms with Crippen molar-refractivity contribution in [1.82, 2.24) is 24.6 Å². The Labute approximate surface area is 123 Å². The summed E-state index contributed by atoms with van der Waals surface area (Å²) in [4.78, 5) is 22.7. The van der Waals surface area contributed by atoms with Gasteiger partial charge in [-0.25, -0.2) is 9.97 Å². The van der Waals surface area contributed by atoms with Crippen LogP contribution in [-0.4, -0.2) is 43.6 Å². The molecule has 2 aromatic heterocycles. The summed E-state index contributed by atoms with van der Waals surface area (Å²) in [5.41, 5.74) is 1.69. The molecule has 0 N–H and O–H groups in total. The minimum Gasteiger partial charge on any atom is -0.338 e. The van der Waals surface area contributed by atoms with Crippen LogP contribution < -0.4 is 0 Å². The number of aryl methyl sites for hydroxylation is 1. The van der Waals surface area contributed by atoms with E-state index < -0.39 is 0 Å². The highest BCUT2D eigenvalue weighted by molar-refractivity contribution is 5.93. The van der Waals surface area contributed by atoms with Crippen LogP contribution in [-0.2, 0) is 6.54 Å². The van der Waals surface area contributed by atoms with Crippen molar-refractivity contribution < 1.29 is 4.79 Å². The maximum Gasteiger partial charge on any atom is 0.257 e. The number of rotatable bonds is 3. The zero-order chi connectivity index (χ0) is 14.7. The van der Waals surface area contributed by atoms with Gasteiger partial charge in [0.05, 0.1) is 11.8 Å². The number of hydrogen-bond donors (Lipinski definition) is 0. The van der Waals surface area contributed by atoms with Crippen molar-refractivity contribution in [1.29, 1.82) is 0 Å². The molecular formula is C15H19N5O. The molecule has 21 heavy (non-hydrogen) atoms. The highest BCUT2D eigenvalue weighted by Gasteiger charge is 2.26. The lowest BCUT2D eigenvalue weighted by molar-refractivity contribution is 0.0706. The average molecular weight is 285 g/mol. The molecule has 0 spiro atoms. The largest absolute Gasteiger partial charge is 0.338 e. The molecule has 0 radical (unpaired) electrons. The SMILES string of the molecule is CCn1cc(C(=O)N2CCC[C@H](c3ccncn3)C2)cn1. The topological polar surface area (TPSA) is 63.9 Å². The van der Waals surface area contributed by atoms with Crippen LogP contribution in [0.2, 0.25) is 0 Å². The minimum atomic E-state index is 0.0634. The molecule has 1 saturated heterocycles. The number of aromatic nitrogens is 4. The molecule has 110 valence electrons. The van der Waals surface area contributed by atoms with Crippen molar-refractivity contribution in [3.8, 4) is 0 Å². The molecular weight excluding hydrogens is 266 g/mol. The Hall–Kier alpha value is -2.24. The first-order valence-electron chi connectivity index (χ1n) is 7.35. The van der Waals surface area contributed by atoms with Crippen LogP contribution in [0.25, 0.3) is 0 Å². The summed E-state index contributed by atoms with van der Waals surface area (Å²) in [5, 5.41) is 4.18. The van der Waals surface area contributed by atoms with Gasteiger partial charge in [0.15, 0.2) is 0 Å². The second kappa shape index (κ2) is 6.03. The third-order valence-electron chi connectivity index (χ3n) is 3.94. The highest BCUT2D eigenvalue weighted by atomic mass is 16.2. The summed E-state index contributed by atoms with van der Waals surface area (Å²) in [5.74, 6) is 0.361. The van der Waals surface area contributed by atoms with Gasteiger partial charge in [0.25, 0.3) is 5.91 Å². The van der Waals surface area contributed by atoms with Crippen molar-refractivity contribution in [3.05, 3.63) is 42.2 Å². The smallest absolute Gasteiger partial charge is 0.257 e. The molecule has 0 bridgehead atoms. The molecule has 1 aliphatic heterocycles. The molecule has 0 unspecified atom stereocenters. The van der Waals surface area contributed by atoms with E-state index in [9.17, 15) is 4.79 Å². The second-order valence-electron chi connectivity index (χ2n) is 5.31. The van der Waals surface area contributed by atoms with Crippen LogP contribution >= 0.6 is 0 Å². The molecule has 0 saturated carbocycles. The Balaban J connectivity index is 1.72. The van der Waals surface area contributed by atoms with Gasteiger partial charge in [-0.05, 0) is 25.8 Å². The van der Waals surface area contributed by atoms with Gasteiger partial charge >= 0.3 is 0 Å². The quantitative estimate of drug-likeness (QED) is 0.861. The number of piperidine rings is 1. The van der Waals surface area contributed by atoms with E-state index in [4.69, 9.17) is 0 Å². The fourth-order valence-electron chi connectivity index (χ4n) is 2.77. The lowest BCUT2D eigenvalue weighted by Crippen LogP contribution is -2.39. The van der Waals surface area contributed by atoms with E-state index >= 15 is 0 Å². The van der Waals surface area contributed by atoms with Crippen molar-refractivity contribution in [2.45, 2.75) is 32.2 Å². The van der Waals surface area contributed by atoms with Crippen LogP contribution in [0, 0.1) is 0 Å². The fraction of sp³-hybridized carbons (Fsp3) is 0.467. The summed E-state index contributed by atoms with van der Waals surface area (Å²) in [6.45, 7) is 4.30. The van der Waals surface area contributed by atoms with E-state index in [0.29, 0.717) is 18.0 Å². The lowest BCUT2D eigenvalue weighted by atomic mass is 9.94. The van der Waals surface area contributed by atoms with Gasteiger partial charge in [-0.3, -0.25) is 9.48 Å². The predicted molar refractivity (Wildman–Crippen MR) is 77.8 cm³/mol. The molecule has 2 aromatic rings. The van der Waals surface area contributed by atoms with E-state index in [1.807, 2.05) is 24.1 Å². The second-order valence-corrected chi connectivity index (χ2v) is 5.31. The molecule has 3 heterocycles. The van der Waals surface area contributed by atoms with E-state index in [0.717, 1.165) is 31.6 Å². The number of carbonyl (C=O) groups excluding carboxylic acids is 1. The summed E-state index contributed by atoms with van der Waals surface area (Å²) in [6, 6.07) is 1.94. The van der Waals surface area contributed by atoms with Gasteiger partial charge in [0.2, 0.25) is 0 Å². The van der Waals surface area contributed by atoms with Gasteiger partial charge < -0.3 is 4.90 Å². The number of hydrogen-bond acceptors (Lipinski definition) is 4. The van der Waals surface area contributed by atoms with E-state index in [1.54, 1.807) is 23.4 Å². The minimum absolute atomic E-state index is 0.0634. The van der Waals surface area contributed by atoms with Gasteiger partial charge in [-0.15, -0.1) is 0 Å². The van der Waals surface area contributed by atoms with Crippen molar-refractivity contribution in [3.63, 3.8) is 0 Å². The van der Waals surface area contributed by atoms with Crippen LogP contribution in [0.3, 0.4) is 0 Å². The summed E-state index contributed by atoms with van der Waals surface area (Å²) < 4.78 is 1.78. The Kier molecular flexibility index (Phi) is 3.94. The Bertz CT molecular complexity index is 610. The first-order valence-corrected chi connectivity index (χ1v) is 7.35. The fourth-order valence-corrected chi connectivity index (χ4v) is 2.77. The number of amides is 1. The Morgan fingerprint density at radius 3 is 3.10 bits per heavy atom. The first-order chi connectivity index (χ1) is 10.3. The molecule has 1 aliphatic rings. The summed E-state index contributed by atoms with van der Waals surface area (Å²) in [6.07, 6.45) is 8.86. The van der Waals surface area contributed by atoms with Gasteiger partial charge in [0, 0.05) is 43.6 Å². The van der Waals surface area contributed by atoms with Gasteiger partial charge in [-0.1, -0.05) is 0 Å². The van der Waals surface area contributed by atoms with Crippen LogP contribution in [0.1, 0.15) is 41.7 Å². The molecule has 1 atom stereocenters. The Morgan fingerprint density at radius 2 is 2.38 bits per heavy atom. The summed E-state index contributed by atoms with van der Waals surface area (Å²) >= 11 is 0. The molecule has 6 heteroatoms. The number of likely N-dealkylation sites (tertiary alicyclic amines) is 1. The lowest BCUT2D eigenvalue weighted by Gasteiger charge is -2.32. The van der Waals surface area contributed by atoms with Gasteiger partial charge in [0.1, 0.15) is 6.33 Å². The maximum absolute atomic E-state index is 12.5. The molecule has 6 nitrogen and oxygen atoms in total. The molecule has 1 amide bonds. The van der Waals surface area contributed by atoms with Crippen LogP contribution in [0.15, 0.2) is 31.0 Å². The normalized spacial score (nSPS) is 18.7. The van der Waals surface area contributed by atoms with E-state index in [1.165, 1.54) is 0 Å². The van der Waals surface area contributed by atoms with Crippen molar-refractivity contribution >= 4 is 5.91 Å². The van der Waals surface area contributed by atoms with Crippen molar-refractivity contribution in [2.75, 3.05) is 13.1 Å². The standard InChI is InChI=1S/C15H19N5O/c1-2-20-10-13(8-18-20)15(21)19-7-3-4-12(9-19)14-5-6-16-11-17-14/h5-6,8,10-12H,2-4,7,9H2,1H3/t12-/m0/s1. The highest BCUT2D eigenvalue weighted by Crippen LogP contribution is 2.26. The maximum atomic E-state index is 12.5. The zero-order valence-electron chi connectivity index (χ0n) is 12.1. The third kappa shape index (κ3) is 2.94. The monoisotopic (exact) mass is 285 g/mol.